The Kier molecular flexibility index (Phi) is 6.56. The van der Waals surface area contributed by atoms with Gasteiger partial charge in [0.25, 0.3) is 5.91 Å². The molecule has 2 aromatic carbocycles. The van der Waals surface area contributed by atoms with Crippen LogP contribution in [0.3, 0.4) is 0 Å². The van der Waals surface area contributed by atoms with Crippen LogP contribution in [0.4, 0.5) is 4.39 Å². The van der Waals surface area contributed by atoms with Gasteiger partial charge in [-0.2, -0.15) is 16.8 Å². The summed E-state index contributed by atoms with van der Waals surface area (Å²) in [6, 6.07) is 12.5. The smallest absolute Gasteiger partial charge is 0.258 e. The van der Waals surface area contributed by atoms with Gasteiger partial charge in [-0.05, 0) is 55.1 Å². The second-order valence-electron chi connectivity index (χ2n) is 5.75. The maximum atomic E-state index is 13.0. The molecule has 0 spiro atoms. The van der Waals surface area contributed by atoms with E-state index < -0.39 is 0 Å². The monoisotopic (exact) mass is 406 g/mol. The Morgan fingerprint density at radius 1 is 1.23 bits per heavy atom. The van der Waals surface area contributed by atoms with E-state index in [1.807, 2.05) is 0 Å². The van der Waals surface area contributed by atoms with Crippen molar-refractivity contribution in [3.8, 4) is 0 Å². The standard InChI is InChI=1S/C19H19FN2OS3/c1-13-3-8-16-17(11-13)26-19(22(16)9-10-24-2)21-18(23)12-25-15-6-4-14(20)5-7-15/h3-8,11H,9-10,12H2,1-2H3. The Morgan fingerprint density at radius 2 is 2.00 bits per heavy atom. The fourth-order valence-corrected chi connectivity index (χ4v) is 4.70. The quantitative estimate of drug-likeness (QED) is 0.555. The molecule has 1 heterocycles. The summed E-state index contributed by atoms with van der Waals surface area (Å²) in [4.78, 5) is 18.3. The van der Waals surface area contributed by atoms with Crippen molar-refractivity contribution >= 4 is 51.0 Å². The summed E-state index contributed by atoms with van der Waals surface area (Å²) in [5.41, 5.74) is 2.31. The Labute approximate surface area is 164 Å². The van der Waals surface area contributed by atoms with Crippen molar-refractivity contribution in [1.82, 2.24) is 4.57 Å². The number of carbonyl (C=O) groups is 1. The fourth-order valence-electron chi connectivity index (χ4n) is 2.48. The van der Waals surface area contributed by atoms with Crippen LogP contribution in [0, 0.1) is 12.7 Å². The van der Waals surface area contributed by atoms with Crippen LogP contribution in [-0.4, -0.2) is 28.2 Å². The average molecular weight is 407 g/mol. The summed E-state index contributed by atoms with van der Waals surface area (Å²) in [6.07, 6.45) is 2.07. The zero-order valence-corrected chi connectivity index (χ0v) is 17.0. The molecule has 1 aromatic heterocycles. The number of hydrogen-bond acceptors (Lipinski definition) is 4. The highest BCUT2D eigenvalue weighted by atomic mass is 32.2. The second kappa shape index (κ2) is 8.88. The largest absolute Gasteiger partial charge is 0.316 e. The molecule has 3 aromatic rings. The number of fused-ring (bicyclic) bond motifs is 1. The lowest BCUT2D eigenvalue weighted by atomic mass is 10.2. The van der Waals surface area contributed by atoms with Crippen LogP contribution in [0.5, 0.6) is 0 Å². The SMILES string of the molecule is CSCCn1c(=NC(=O)CSc2ccc(F)cc2)sc2cc(C)ccc21. The first-order valence-electron chi connectivity index (χ1n) is 8.11. The van der Waals surface area contributed by atoms with Crippen molar-refractivity contribution in [2.75, 3.05) is 17.8 Å². The van der Waals surface area contributed by atoms with E-state index in [4.69, 9.17) is 0 Å². The Balaban J connectivity index is 1.84. The van der Waals surface area contributed by atoms with Crippen LogP contribution < -0.4 is 4.80 Å². The van der Waals surface area contributed by atoms with Crippen molar-refractivity contribution in [2.24, 2.45) is 4.99 Å². The number of nitrogens with zero attached hydrogens (tertiary/aromatic N) is 2. The van der Waals surface area contributed by atoms with Gasteiger partial charge in [0.1, 0.15) is 5.82 Å². The summed E-state index contributed by atoms with van der Waals surface area (Å²) in [6.45, 7) is 2.88. The molecule has 0 aliphatic carbocycles. The van der Waals surface area contributed by atoms with Crippen molar-refractivity contribution < 1.29 is 9.18 Å². The van der Waals surface area contributed by atoms with Crippen LogP contribution in [0.2, 0.25) is 0 Å². The van der Waals surface area contributed by atoms with Crippen LogP contribution >= 0.6 is 34.9 Å². The zero-order chi connectivity index (χ0) is 18.5. The lowest BCUT2D eigenvalue weighted by Gasteiger charge is -2.04. The molecule has 7 heteroatoms. The molecule has 0 bridgehead atoms. The predicted octanol–water partition coefficient (Wildman–Crippen LogP) is 4.73. The molecule has 0 fully saturated rings. The van der Waals surface area contributed by atoms with Crippen molar-refractivity contribution in [1.29, 1.82) is 0 Å². The summed E-state index contributed by atoms with van der Waals surface area (Å²) in [7, 11) is 0. The van der Waals surface area contributed by atoms with Gasteiger partial charge in [-0.1, -0.05) is 17.4 Å². The minimum atomic E-state index is -0.277. The van der Waals surface area contributed by atoms with E-state index in [2.05, 4.69) is 40.9 Å². The van der Waals surface area contributed by atoms with Crippen molar-refractivity contribution in [3.63, 3.8) is 0 Å². The minimum absolute atomic E-state index is 0.180. The van der Waals surface area contributed by atoms with Gasteiger partial charge in [0.05, 0.1) is 16.0 Å². The molecule has 0 saturated heterocycles. The molecular weight excluding hydrogens is 387 g/mol. The lowest BCUT2D eigenvalue weighted by molar-refractivity contribution is -0.115. The number of hydrogen-bond donors (Lipinski definition) is 0. The van der Waals surface area contributed by atoms with Gasteiger partial charge in [0.15, 0.2) is 4.80 Å². The number of carbonyl (C=O) groups excluding carboxylic acids is 1. The van der Waals surface area contributed by atoms with Gasteiger partial charge in [0, 0.05) is 17.2 Å². The highest BCUT2D eigenvalue weighted by Gasteiger charge is 2.09. The van der Waals surface area contributed by atoms with E-state index in [0.29, 0.717) is 0 Å². The normalized spacial score (nSPS) is 12.0. The molecule has 3 nitrogen and oxygen atoms in total. The van der Waals surface area contributed by atoms with Gasteiger partial charge < -0.3 is 4.57 Å². The highest BCUT2D eigenvalue weighted by molar-refractivity contribution is 8.00. The number of rotatable bonds is 6. The molecule has 26 heavy (non-hydrogen) atoms. The summed E-state index contributed by atoms with van der Waals surface area (Å²) in [5, 5.41) is 0. The van der Waals surface area contributed by atoms with Crippen LogP contribution in [0.1, 0.15) is 5.56 Å². The summed E-state index contributed by atoms with van der Waals surface area (Å²) in [5.74, 6) is 0.744. The molecule has 0 saturated carbocycles. The first-order chi connectivity index (χ1) is 12.6. The third kappa shape index (κ3) is 4.78. The molecule has 0 aliphatic rings. The third-order valence-electron chi connectivity index (χ3n) is 3.75. The Hall–Kier alpha value is -1.57. The number of halogens is 1. The van der Waals surface area contributed by atoms with Crippen molar-refractivity contribution in [3.05, 3.63) is 58.6 Å². The number of thioether (sulfide) groups is 2. The van der Waals surface area contributed by atoms with Crippen molar-refractivity contribution in [2.45, 2.75) is 18.4 Å². The van der Waals surface area contributed by atoms with Gasteiger partial charge in [-0.3, -0.25) is 4.79 Å². The van der Waals surface area contributed by atoms with Crippen LogP contribution in [0.15, 0.2) is 52.4 Å². The van der Waals surface area contributed by atoms with E-state index in [1.165, 1.54) is 29.5 Å². The number of aromatic nitrogens is 1. The zero-order valence-electron chi connectivity index (χ0n) is 14.6. The molecule has 0 unspecified atom stereocenters. The first kappa shape index (κ1) is 19.2. The number of thiazole rings is 1. The van der Waals surface area contributed by atoms with Gasteiger partial charge >= 0.3 is 0 Å². The van der Waals surface area contributed by atoms with E-state index in [0.717, 1.165) is 32.2 Å². The maximum absolute atomic E-state index is 13.0. The van der Waals surface area contributed by atoms with Gasteiger partial charge in [-0.15, -0.1) is 11.8 Å². The minimum Gasteiger partial charge on any atom is -0.316 e. The molecule has 0 N–H and O–H groups in total. The van der Waals surface area contributed by atoms with Crippen LogP contribution in [0.25, 0.3) is 10.2 Å². The number of aryl methyl sites for hydroxylation is 2. The van der Waals surface area contributed by atoms with E-state index in [1.54, 1.807) is 35.2 Å². The number of benzene rings is 2. The van der Waals surface area contributed by atoms with Gasteiger partial charge in [-0.25, -0.2) is 4.39 Å². The molecule has 136 valence electrons. The Morgan fingerprint density at radius 3 is 2.73 bits per heavy atom. The molecule has 0 atom stereocenters. The first-order valence-corrected chi connectivity index (χ1v) is 11.3. The summed E-state index contributed by atoms with van der Waals surface area (Å²) < 4.78 is 16.2. The van der Waals surface area contributed by atoms with E-state index in [9.17, 15) is 9.18 Å². The average Bonchev–Trinajstić information content (AvgIpc) is 2.95. The van der Waals surface area contributed by atoms with E-state index >= 15 is 0 Å². The van der Waals surface area contributed by atoms with Gasteiger partial charge in [0.2, 0.25) is 0 Å². The third-order valence-corrected chi connectivity index (χ3v) is 6.38. The predicted molar refractivity (Wildman–Crippen MR) is 111 cm³/mol. The molecular formula is C19H19FN2OS3. The molecule has 0 radical (unpaired) electrons. The fraction of sp³-hybridized carbons (Fsp3) is 0.263. The maximum Gasteiger partial charge on any atom is 0.258 e. The lowest BCUT2D eigenvalue weighted by Crippen LogP contribution is -2.18. The molecule has 3 rings (SSSR count). The second-order valence-corrected chi connectivity index (χ2v) is 8.79. The number of amides is 1. The Bertz CT molecular complexity index is 977. The van der Waals surface area contributed by atoms with E-state index in [-0.39, 0.29) is 17.5 Å². The molecule has 0 aliphatic heterocycles. The summed E-state index contributed by atoms with van der Waals surface area (Å²) >= 11 is 4.69. The highest BCUT2D eigenvalue weighted by Crippen LogP contribution is 2.20. The van der Waals surface area contributed by atoms with Crippen LogP contribution in [-0.2, 0) is 11.3 Å². The molecule has 1 amide bonds. The topological polar surface area (TPSA) is 34.4 Å².